The zero-order valence-electron chi connectivity index (χ0n) is 14.2. The summed E-state index contributed by atoms with van der Waals surface area (Å²) in [6.45, 7) is 2.66. The van der Waals surface area contributed by atoms with Crippen LogP contribution in [-0.4, -0.2) is 26.4 Å². The molecule has 0 aliphatic rings. The molecule has 3 rings (SSSR count). The summed E-state index contributed by atoms with van der Waals surface area (Å²) in [5, 5.41) is 11.7. The number of amides is 1. The van der Waals surface area contributed by atoms with Gasteiger partial charge in [0, 0.05) is 21.1 Å². The largest absolute Gasteiger partial charge is 0.323 e. The molecule has 0 unspecified atom stereocenters. The normalized spacial score (nSPS) is 10.8. The lowest BCUT2D eigenvalue weighted by molar-refractivity contribution is -0.113. The molecule has 0 fully saturated rings. The summed E-state index contributed by atoms with van der Waals surface area (Å²) in [5.74, 6) is 0.0504. The lowest BCUT2D eigenvalue weighted by Crippen LogP contribution is -2.15. The minimum absolute atomic E-state index is 0.105. The highest BCUT2D eigenvalue weighted by Gasteiger charge is 2.15. The van der Waals surface area contributed by atoms with Crippen LogP contribution < -0.4 is 5.32 Å². The average molecular weight is 514 g/mol. The van der Waals surface area contributed by atoms with Crippen LogP contribution in [-0.2, 0) is 11.3 Å². The van der Waals surface area contributed by atoms with Crippen molar-refractivity contribution in [2.45, 2.75) is 18.6 Å². The molecule has 0 aliphatic carbocycles. The van der Waals surface area contributed by atoms with Crippen LogP contribution in [0.5, 0.6) is 0 Å². The van der Waals surface area contributed by atoms with Gasteiger partial charge < -0.3 is 9.88 Å². The summed E-state index contributed by atoms with van der Waals surface area (Å²) in [5.41, 5.74) is 1.09. The SMILES string of the molecule is CCn1c(SCC(=O)Nc2ccc(Br)cc2F)nnc1-c1ccc(Br)cc1. The summed E-state index contributed by atoms with van der Waals surface area (Å²) < 4.78 is 17.4. The van der Waals surface area contributed by atoms with Gasteiger partial charge in [0.05, 0.1) is 11.4 Å². The van der Waals surface area contributed by atoms with Gasteiger partial charge in [0.1, 0.15) is 5.82 Å². The number of halogens is 3. The maximum atomic E-state index is 13.8. The molecule has 1 aromatic heterocycles. The van der Waals surface area contributed by atoms with Crippen molar-refractivity contribution in [2.24, 2.45) is 0 Å². The Kier molecular flexibility index (Phi) is 6.67. The van der Waals surface area contributed by atoms with E-state index < -0.39 is 5.82 Å². The molecule has 5 nitrogen and oxygen atoms in total. The molecule has 1 amide bonds. The number of nitrogens with zero attached hydrogens (tertiary/aromatic N) is 3. The monoisotopic (exact) mass is 512 g/mol. The summed E-state index contributed by atoms with van der Waals surface area (Å²) in [4.78, 5) is 12.2. The number of thioether (sulfide) groups is 1. The Morgan fingerprint density at radius 3 is 2.52 bits per heavy atom. The number of anilines is 1. The van der Waals surface area contributed by atoms with Crippen molar-refractivity contribution in [1.29, 1.82) is 0 Å². The second-order valence-electron chi connectivity index (χ2n) is 5.52. The number of nitrogens with one attached hydrogen (secondary N) is 1. The van der Waals surface area contributed by atoms with E-state index in [0.29, 0.717) is 16.2 Å². The zero-order valence-corrected chi connectivity index (χ0v) is 18.2. The van der Waals surface area contributed by atoms with Gasteiger partial charge in [-0.1, -0.05) is 55.8 Å². The third-order valence-electron chi connectivity index (χ3n) is 3.67. The van der Waals surface area contributed by atoms with Gasteiger partial charge in [0.25, 0.3) is 0 Å². The van der Waals surface area contributed by atoms with Crippen LogP contribution in [0.4, 0.5) is 10.1 Å². The minimum atomic E-state index is -0.489. The number of carbonyl (C=O) groups excluding carboxylic acids is 1. The fraction of sp³-hybridized carbons (Fsp3) is 0.167. The Hall–Kier alpha value is -1.71. The minimum Gasteiger partial charge on any atom is -0.323 e. The molecule has 1 N–H and O–H groups in total. The molecule has 2 aromatic carbocycles. The highest BCUT2D eigenvalue weighted by molar-refractivity contribution is 9.10. The quantitative estimate of drug-likeness (QED) is 0.451. The zero-order chi connectivity index (χ0) is 19.4. The third-order valence-corrected chi connectivity index (χ3v) is 5.66. The van der Waals surface area contributed by atoms with Crippen molar-refractivity contribution in [3.8, 4) is 11.4 Å². The molecule has 0 bridgehead atoms. The van der Waals surface area contributed by atoms with E-state index in [4.69, 9.17) is 0 Å². The number of carbonyl (C=O) groups is 1. The second kappa shape index (κ2) is 8.99. The predicted octanol–water partition coefficient (Wildman–Crippen LogP) is 5.36. The van der Waals surface area contributed by atoms with E-state index in [2.05, 4.69) is 47.4 Å². The van der Waals surface area contributed by atoms with Crippen LogP contribution in [0.3, 0.4) is 0 Å². The third kappa shape index (κ3) is 4.97. The number of aromatic nitrogens is 3. The highest BCUT2D eigenvalue weighted by Crippen LogP contribution is 2.25. The Morgan fingerprint density at radius 1 is 1.15 bits per heavy atom. The molecule has 0 spiro atoms. The molecule has 1 heterocycles. The van der Waals surface area contributed by atoms with E-state index in [1.807, 2.05) is 35.8 Å². The predicted molar refractivity (Wildman–Crippen MR) is 112 cm³/mol. The molecule has 0 atom stereocenters. The van der Waals surface area contributed by atoms with Gasteiger partial charge in [-0.25, -0.2) is 4.39 Å². The number of hydrogen-bond donors (Lipinski definition) is 1. The Balaban J connectivity index is 1.69. The van der Waals surface area contributed by atoms with E-state index in [9.17, 15) is 9.18 Å². The van der Waals surface area contributed by atoms with Gasteiger partial charge in [-0.3, -0.25) is 4.79 Å². The van der Waals surface area contributed by atoms with E-state index in [-0.39, 0.29) is 17.3 Å². The van der Waals surface area contributed by atoms with Gasteiger partial charge >= 0.3 is 0 Å². The van der Waals surface area contributed by atoms with E-state index in [1.165, 1.54) is 23.9 Å². The van der Waals surface area contributed by atoms with Crippen molar-refractivity contribution < 1.29 is 9.18 Å². The standard InChI is InChI=1S/C18H15Br2FN4OS/c1-2-25-17(11-3-5-12(19)6-4-11)23-24-18(25)27-10-16(26)22-15-8-7-13(20)9-14(15)21/h3-9H,2,10H2,1H3,(H,22,26). The maximum Gasteiger partial charge on any atom is 0.234 e. The number of benzene rings is 2. The van der Waals surface area contributed by atoms with Crippen LogP contribution >= 0.6 is 43.6 Å². The molecule has 140 valence electrons. The first-order valence-electron chi connectivity index (χ1n) is 8.04. The lowest BCUT2D eigenvalue weighted by Gasteiger charge is -2.08. The Bertz CT molecular complexity index is 962. The molecule has 0 aliphatic heterocycles. The summed E-state index contributed by atoms with van der Waals surface area (Å²) >= 11 is 7.87. The van der Waals surface area contributed by atoms with Crippen molar-refractivity contribution in [3.05, 3.63) is 57.2 Å². The molecule has 3 aromatic rings. The van der Waals surface area contributed by atoms with Crippen LogP contribution in [0, 0.1) is 5.82 Å². The van der Waals surface area contributed by atoms with Gasteiger partial charge in [0.2, 0.25) is 5.91 Å². The number of hydrogen-bond acceptors (Lipinski definition) is 4. The van der Waals surface area contributed by atoms with Gasteiger partial charge in [-0.2, -0.15) is 0 Å². The molecule has 27 heavy (non-hydrogen) atoms. The van der Waals surface area contributed by atoms with Crippen LogP contribution in [0.2, 0.25) is 0 Å². The Morgan fingerprint density at radius 2 is 1.85 bits per heavy atom. The first-order chi connectivity index (χ1) is 13.0. The molecule has 0 radical (unpaired) electrons. The molecular formula is C18H15Br2FN4OS. The van der Waals surface area contributed by atoms with Gasteiger partial charge in [-0.15, -0.1) is 10.2 Å². The van der Waals surface area contributed by atoms with E-state index in [0.717, 1.165) is 15.9 Å². The van der Waals surface area contributed by atoms with E-state index in [1.54, 1.807) is 6.07 Å². The van der Waals surface area contributed by atoms with Gasteiger partial charge in [-0.05, 0) is 37.3 Å². The van der Waals surface area contributed by atoms with Crippen molar-refractivity contribution in [1.82, 2.24) is 14.8 Å². The smallest absolute Gasteiger partial charge is 0.234 e. The molecule has 0 saturated carbocycles. The fourth-order valence-electron chi connectivity index (χ4n) is 2.40. The Labute approximate surface area is 177 Å². The van der Waals surface area contributed by atoms with Crippen LogP contribution in [0.1, 0.15) is 6.92 Å². The van der Waals surface area contributed by atoms with E-state index >= 15 is 0 Å². The summed E-state index contributed by atoms with van der Waals surface area (Å²) in [6.07, 6.45) is 0. The highest BCUT2D eigenvalue weighted by atomic mass is 79.9. The number of rotatable bonds is 6. The van der Waals surface area contributed by atoms with Crippen molar-refractivity contribution in [2.75, 3.05) is 11.1 Å². The average Bonchev–Trinajstić information content (AvgIpc) is 3.06. The molecular weight excluding hydrogens is 499 g/mol. The molecule has 9 heteroatoms. The topological polar surface area (TPSA) is 59.8 Å². The van der Waals surface area contributed by atoms with Crippen molar-refractivity contribution in [3.63, 3.8) is 0 Å². The molecule has 0 saturated heterocycles. The van der Waals surface area contributed by atoms with Crippen LogP contribution in [0.15, 0.2) is 56.6 Å². The first kappa shape index (κ1) is 20.0. The summed E-state index contributed by atoms with van der Waals surface area (Å²) in [7, 11) is 0. The maximum absolute atomic E-state index is 13.8. The first-order valence-corrected chi connectivity index (χ1v) is 10.6. The second-order valence-corrected chi connectivity index (χ2v) is 8.29. The fourth-order valence-corrected chi connectivity index (χ4v) is 3.80. The lowest BCUT2D eigenvalue weighted by atomic mass is 10.2. The van der Waals surface area contributed by atoms with Gasteiger partial charge in [0.15, 0.2) is 11.0 Å². The van der Waals surface area contributed by atoms with Crippen molar-refractivity contribution >= 4 is 55.2 Å². The summed E-state index contributed by atoms with van der Waals surface area (Å²) in [6, 6.07) is 12.3. The van der Waals surface area contributed by atoms with Crippen LogP contribution in [0.25, 0.3) is 11.4 Å².